The first-order valence-electron chi connectivity index (χ1n) is 12.9. The Hall–Kier alpha value is -3.65. The second-order valence-corrected chi connectivity index (χ2v) is 10.3. The highest BCUT2D eigenvalue weighted by Crippen LogP contribution is 2.41. The maximum absolute atomic E-state index is 14.2. The maximum atomic E-state index is 14.2. The monoisotopic (exact) mass is 521 g/mol. The third-order valence-electron chi connectivity index (χ3n) is 7.82. The van der Waals surface area contributed by atoms with Gasteiger partial charge in [-0.05, 0) is 79.5 Å². The van der Waals surface area contributed by atoms with E-state index in [2.05, 4.69) is 5.32 Å². The molecule has 2 saturated heterocycles. The molecule has 2 aliphatic rings. The fourth-order valence-electron chi connectivity index (χ4n) is 5.88. The van der Waals surface area contributed by atoms with Crippen LogP contribution in [0, 0.1) is 23.4 Å². The van der Waals surface area contributed by atoms with Gasteiger partial charge in [0.25, 0.3) is 11.8 Å². The molecule has 8 heteroatoms. The van der Waals surface area contributed by atoms with E-state index in [0.29, 0.717) is 36.6 Å². The highest BCUT2D eigenvalue weighted by Gasteiger charge is 2.44. The first-order chi connectivity index (χ1) is 18.3. The third kappa shape index (κ3) is 5.45. The number of fused-ring (bicyclic) bond motifs is 2. The minimum absolute atomic E-state index is 0.0218. The molecule has 2 unspecified atom stereocenters. The first kappa shape index (κ1) is 26.0. The molecule has 0 saturated carbocycles. The predicted molar refractivity (Wildman–Crippen MR) is 138 cm³/mol. The van der Waals surface area contributed by atoms with Crippen molar-refractivity contribution in [3.63, 3.8) is 0 Å². The molecule has 3 atom stereocenters. The lowest BCUT2D eigenvalue weighted by atomic mass is 9.82. The van der Waals surface area contributed by atoms with Gasteiger partial charge in [-0.25, -0.2) is 13.2 Å². The summed E-state index contributed by atoms with van der Waals surface area (Å²) in [7, 11) is 0. The van der Waals surface area contributed by atoms with Crippen LogP contribution in [0.3, 0.4) is 0 Å². The van der Waals surface area contributed by atoms with Crippen molar-refractivity contribution in [3.05, 3.63) is 106 Å². The molecule has 5 rings (SSSR count). The summed E-state index contributed by atoms with van der Waals surface area (Å²) in [6.45, 7) is 0.305. The zero-order valence-electron chi connectivity index (χ0n) is 20.9. The van der Waals surface area contributed by atoms with Gasteiger partial charge >= 0.3 is 0 Å². The molecule has 198 valence electrons. The lowest BCUT2D eigenvalue weighted by Gasteiger charge is -2.41. The fraction of sp³-hybridized carbons (Fsp3) is 0.333. The van der Waals surface area contributed by atoms with Gasteiger partial charge in [0, 0.05) is 41.9 Å². The molecular formula is C30H30F3N3O2. The quantitative estimate of drug-likeness (QED) is 0.431. The molecule has 2 bridgehead atoms. The van der Waals surface area contributed by atoms with Crippen LogP contribution in [-0.4, -0.2) is 34.8 Å². The molecule has 3 N–H and O–H groups in total. The van der Waals surface area contributed by atoms with Crippen LogP contribution in [0.15, 0.2) is 66.7 Å². The van der Waals surface area contributed by atoms with E-state index in [4.69, 9.17) is 5.73 Å². The van der Waals surface area contributed by atoms with Crippen LogP contribution >= 0.6 is 0 Å². The molecule has 3 aromatic carbocycles. The Bertz CT molecular complexity index is 1320. The number of nitrogens with two attached hydrogens (primary N) is 1. The van der Waals surface area contributed by atoms with Crippen LogP contribution in [0.4, 0.5) is 13.2 Å². The number of benzene rings is 3. The van der Waals surface area contributed by atoms with Gasteiger partial charge in [0.15, 0.2) is 11.6 Å². The maximum Gasteiger partial charge on any atom is 0.254 e. The van der Waals surface area contributed by atoms with E-state index in [1.165, 1.54) is 0 Å². The lowest BCUT2D eigenvalue weighted by Crippen LogP contribution is -2.50. The molecule has 0 aliphatic carbocycles. The number of hydrogen-bond donors (Lipinski definition) is 2. The number of nitrogens with zero attached hydrogens (tertiary/aromatic N) is 1. The van der Waals surface area contributed by atoms with Gasteiger partial charge in [-0.3, -0.25) is 9.59 Å². The SMILES string of the molecule is N[C@H](Cc1cc(F)c(F)cc1F)C1CC2CCC(C1)N2C(=O)c1cccc(CNC(=O)c2ccccc2)c1. The molecule has 38 heavy (non-hydrogen) atoms. The van der Waals surface area contributed by atoms with Gasteiger partial charge in [-0.1, -0.05) is 30.3 Å². The van der Waals surface area contributed by atoms with Gasteiger partial charge in [0.1, 0.15) is 5.82 Å². The highest BCUT2D eigenvalue weighted by atomic mass is 19.2. The smallest absolute Gasteiger partial charge is 0.254 e. The standard InChI is InChI=1S/C30H30F3N3O2/c31-25-16-27(33)26(32)14-21(25)15-28(34)22-12-23-9-10-24(13-22)36(23)30(38)20-8-4-5-18(11-20)17-35-29(37)19-6-2-1-3-7-19/h1-8,11,14,16,22-24,28H,9-10,12-13,15,17,34H2,(H,35,37)/t22?,23?,24?,28-/m1/s1. The van der Waals surface area contributed by atoms with Crippen molar-refractivity contribution in [1.29, 1.82) is 0 Å². The highest BCUT2D eigenvalue weighted by molar-refractivity contribution is 5.95. The van der Waals surface area contributed by atoms with E-state index < -0.39 is 23.5 Å². The molecule has 2 amide bonds. The molecule has 0 radical (unpaired) electrons. The minimum atomic E-state index is -1.22. The second-order valence-electron chi connectivity index (χ2n) is 10.3. The Balaban J connectivity index is 1.22. The number of piperidine rings is 1. The average Bonchev–Trinajstić information content (AvgIpc) is 3.19. The average molecular weight is 522 g/mol. The van der Waals surface area contributed by atoms with Crippen LogP contribution in [0.25, 0.3) is 0 Å². The Morgan fingerprint density at radius 3 is 2.24 bits per heavy atom. The van der Waals surface area contributed by atoms with Gasteiger partial charge in [-0.15, -0.1) is 0 Å². The topological polar surface area (TPSA) is 75.4 Å². The molecule has 0 spiro atoms. The number of rotatable bonds is 7. The van der Waals surface area contributed by atoms with E-state index in [1.807, 2.05) is 29.2 Å². The normalized spacial score (nSPS) is 21.3. The largest absolute Gasteiger partial charge is 0.348 e. The van der Waals surface area contributed by atoms with Crippen molar-refractivity contribution >= 4 is 11.8 Å². The second kappa shape index (κ2) is 11.0. The summed E-state index contributed by atoms with van der Waals surface area (Å²) in [6.07, 6.45) is 3.21. The molecule has 2 heterocycles. The van der Waals surface area contributed by atoms with Crippen molar-refractivity contribution in [2.45, 2.75) is 56.8 Å². The first-order valence-corrected chi connectivity index (χ1v) is 12.9. The van der Waals surface area contributed by atoms with Crippen LogP contribution in [0.1, 0.15) is 57.5 Å². The Morgan fingerprint density at radius 1 is 0.868 bits per heavy atom. The van der Waals surface area contributed by atoms with Crippen LogP contribution in [-0.2, 0) is 13.0 Å². The molecule has 0 aromatic heterocycles. The van der Waals surface area contributed by atoms with Crippen molar-refractivity contribution in [3.8, 4) is 0 Å². The molecule has 5 nitrogen and oxygen atoms in total. The van der Waals surface area contributed by atoms with Crippen molar-refractivity contribution in [2.75, 3.05) is 0 Å². The number of hydrogen-bond acceptors (Lipinski definition) is 3. The van der Waals surface area contributed by atoms with E-state index >= 15 is 0 Å². The number of halogens is 3. The summed E-state index contributed by atoms with van der Waals surface area (Å²) in [6, 6.07) is 17.3. The lowest BCUT2D eigenvalue weighted by molar-refractivity contribution is 0.0499. The summed E-state index contributed by atoms with van der Waals surface area (Å²) in [5.74, 6) is -3.28. The van der Waals surface area contributed by atoms with Gasteiger partial charge in [0.2, 0.25) is 0 Å². The number of carbonyl (C=O) groups is 2. The Labute approximate surface area is 219 Å². The van der Waals surface area contributed by atoms with Crippen molar-refractivity contribution < 1.29 is 22.8 Å². The summed E-state index contributed by atoms with van der Waals surface area (Å²) in [5, 5.41) is 2.89. The number of amides is 2. The van der Waals surface area contributed by atoms with Gasteiger partial charge < -0.3 is 16.0 Å². The van der Waals surface area contributed by atoms with Crippen molar-refractivity contribution in [1.82, 2.24) is 10.2 Å². The van der Waals surface area contributed by atoms with Gasteiger partial charge in [-0.2, -0.15) is 0 Å². The molecular weight excluding hydrogens is 491 g/mol. The Morgan fingerprint density at radius 2 is 1.53 bits per heavy atom. The van der Waals surface area contributed by atoms with E-state index in [9.17, 15) is 22.8 Å². The van der Waals surface area contributed by atoms with Crippen molar-refractivity contribution in [2.24, 2.45) is 11.7 Å². The van der Waals surface area contributed by atoms with E-state index in [-0.39, 0.29) is 41.8 Å². The predicted octanol–water partition coefficient (Wildman–Crippen LogP) is 4.99. The number of carbonyl (C=O) groups excluding carboxylic acids is 2. The van der Waals surface area contributed by atoms with Gasteiger partial charge in [0.05, 0.1) is 0 Å². The van der Waals surface area contributed by atoms with Crippen LogP contribution < -0.4 is 11.1 Å². The molecule has 2 aliphatic heterocycles. The summed E-state index contributed by atoms with van der Waals surface area (Å²) >= 11 is 0. The zero-order chi connectivity index (χ0) is 26.8. The van der Waals surface area contributed by atoms with E-state index in [1.54, 1.807) is 30.3 Å². The fourth-order valence-corrected chi connectivity index (χ4v) is 5.88. The minimum Gasteiger partial charge on any atom is -0.348 e. The van der Waals surface area contributed by atoms with Crippen LogP contribution in [0.5, 0.6) is 0 Å². The zero-order valence-corrected chi connectivity index (χ0v) is 20.9. The van der Waals surface area contributed by atoms with Crippen LogP contribution in [0.2, 0.25) is 0 Å². The summed E-state index contributed by atoms with van der Waals surface area (Å²) in [5.41, 5.74) is 8.46. The van der Waals surface area contributed by atoms with E-state index in [0.717, 1.165) is 24.5 Å². The summed E-state index contributed by atoms with van der Waals surface area (Å²) in [4.78, 5) is 27.9. The molecule has 3 aromatic rings. The number of nitrogens with one attached hydrogen (secondary N) is 1. The Kier molecular flexibility index (Phi) is 7.51. The molecule has 2 fully saturated rings. The summed E-state index contributed by atoms with van der Waals surface area (Å²) < 4.78 is 41.1. The third-order valence-corrected chi connectivity index (χ3v) is 7.82.